The van der Waals surface area contributed by atoms with Crippen molar-refractivity contribution in [3.05, 3.63) is 211 Å². The molecular weight excluding hydrogens is 723 g/mol. The molecule has 9 aromatic carbocycles. The Morgan fingerprint density at radius 3 is 1.81 bits per heavy atom. The first-order valence-electron chi connectivity index (χ1n) is 19.9. The molecule has 0 N–H and O–H groups in total. The van der Waals surface area contributed by atoms with Gasteiger partial charge in [-0.25, -0.2) is 0 Å². The monoisotopic (exact) mass is 757 g/mol. The molecule has 0 atom stereocenters. The Morgan fingerprint density at radius 1 is 0.431 bits per heavy atom. The summed E-state index contributed by atoms with van der Waals surface area (Å²) in [5.74, 6) is 0. The molecule has 2 nitrogen and oxygen atoms in total. The van der Waals surface area contributed by atoms with E-state index in [1.807, 2.05) is 11.3 Å². The lowest BCUT2D eigenvalue weighted by atomic mass is 9.89. The molecule has 3 heteroatoms. The summed E-state index contributed by atoms with van der Waals surface area (Å²) in [7, 11) is 0. The maximum atomic E-state index is 6.55. The third kappa shape index (κ3) is 5.10. The van der Waals surface area contributed by atoms with E-state index in [1.165, 1.54) is 75.8 Å². The molecule has 0 aliphatic heterocycles. The fourth-order valence-corrected chi connectivity index (χ4v) is 10.6. The van der Waals surface area contributed by atoms with Gasteiger partial charge in [0.1, 0.15) is 11.2 Å². The molecule has 58 heavy (non-hydrogen) atoms. The number of fused-ring (bicyclic) bond motifs is 9. The Bertz CT molecular complexity index is 3360. The third-order valence-corrected chi connectivity index (χ3v) is 13.1. The van der Waals surface area contributed by atoms with Crippen molar-refractivity contribution in [2.75, 3.05) is 4.90 Å². The molecule has 2 heterocycles. The van der Waals surface area contributed by atoms with Crippen LogP contribution in [0.2, 0.25) is 0 Å². The Hall–Kier alpha value is -7.20. The summed E-state index contributed by atoms with van der Waals surface area (Å²) in [6.07, 6.45) is 0.878. The van der Waals surface area contributed by atoms with Crippen LogP contribution in [0.25, 0.3) is 86.6 Å². The highest BCUT2D eigenvalue weighted by Gasteiger charge is 2.29. The molecule has 272 valence electrons. The second kappa shape index (κ2) is 13.2. The lowest BCUT2D eigenvalue weighted by Gasteiger charge is -2.28. The zero-order valence-corrected chi connectivity index (χ0v) is 32.3. The summed E-state index contributed by atoms with van der Waals surface area (Å²) in [4.78, 5) is 2.50. The lowest BCUT2D eigenvalue weighted by molar-refractivity contribution is 0.669. The van der Waals surface area contributed by atoms with Crippen LogP contribution in [-0.4, -0.2) is 0 Å². The quantitative estimate of drug-likeness (QED) is 0.168. The number of furan rings is 1. The summed E-state index contributed by atoms with van der Waals surface area (Å²) in [5, 5.41) is 4.73. The molecule has 1 aliphatic rings. The van der Waals surface area contributed by atoms with Gasteiger partial charge in [0, 0.05) is 31.2 Å². The standard InChI is InChI=1S/C55H35NOS/c1-4-15-35(16-5-1)40-29-30-41(36-17-6-2-7-18-36)52-45-34-39(28-27-38(45)33-46(40)52)56(47-23-14-25-50-53(47)43-21-10-12-24-49(43)57-50)48-32-31-42(37-19-8-3-9-20-37)55-54(48)44-22-11-13-26-51(44)58-55/h1-32,34H,33H2. The number of rotatable bonds is 6. The van der Waals surface area contributed by atoms with E-state index >= 15 is 0 Å². The van der Waals surface area contributed by atoms with Crippen LogP contribution >= 0.6 is 11.3 Å². The van der Waals surface area contributed by atoms with Crippen molar-refractivity contribution in [3.8, 4) is 44.5 Å². The van der Waals surface area contributed by atoms with Gasteiger partial charge < -0.3 is 9.32 Å². The van der Waals surface area contributed by atoms with Gasteiger partial charge in [-0.2, -0.15) is 0 Å². The third-order valence-electron chi connectivity index (χ3n) is 11.9. The number of thiophene rings is 1. The van der Waals surface area contributed by atoms with Crippen molar-refractivity contribution in [3.63, 3.8) is 0 Å². The highest BCUT2D eigenvalue weighted by Crippen LogP contribution is 2.53. The Kier molecular flexibility index (Phi) is 7.51. The maximum absolute atomic E-state index is 6.55. The molecule has 11 aromatic rings. The SMILES string of the molecule is c1ccc(-c2ccc(-c3ccccc3)c3c2Cc2ccc(N(c4cccc5oc6ccccc6c45)c4ccc(-c5ccccc5)c5sc6ccccc6c45)cc2-3)cc1. The van der Waals surface area contributed by atoms with Crippen LogP contribution in [0.15, 0.2) is 205 Å². The molecule has 0 saturated carbocycles. The van der Waals surface area contributed by atoms with Crippen molar-refractivity contribution >= 4 is 70.5 Å². The molecule has 1 aliphatic carbocycles. The zero-order chi connectivity index (χ0) is 38.2. The number of anilines is 3. The summed E-state index contributed by atoms with van der Waals surface area (Å²) in [5.41, 5.74) is 17.9. The smallest absolute Gasteiger partial charge is 0.137 e. The molecule has 0 fully saturated rings. The predicted molar refractivity (Wildman–Crippen MR) is 246 cm³/mol. The predicted octanol–water partition coefficient (Wildman–Crippen LogP) is 16.0. The molecule has 2 aromatic heterocycles. The average Bonchev–Trinajstić information content (AvgIpc) is 3.99. The van der Waals surface area contributed by atoms with Gasteiger partial charge in [-0.1, -0.05) is 158 Å². The van der Waals surface area contributed by atoms with Gasteiger partial charge >= 0.3 is 0 Å². The fraction of sp³-hybridized carbons (Fsp3) is 0.0182. The minimum Gasteiger partial charge on any atom is -0.456 e. The van der Waals surface area contributed by atoms with Gasteiger partial charge in [0.2, 0.25) is 0 Å². The molecule has 0 radical (unpaired) electrons. The van der Waals surface area contributed by atoms with Crippen LogP contribution in [0.1, 0.15) is 11.1 Å². The largest absolute Gasteiger partial charge is 0.456 e. The highest BCUT2D eigenvalue weighted by atomic mass is 32.1. The second-order valence-corrected chi connectivity index (χ2v) is 16.2. The lowest BCUT2D eigenvalue weighted by Crippen LogP contribution is -2.11. The van der Waals surface area contributed by atoms with Gasteiger partial charge in [-0.15, -0.1) is 11.3 Å². The van der Waals surface area contributed by atoms with Gasteiger partial charge in [0.05, 0.1) is 16.8 Å². The fourth-order valence-electron chi connectivity index (χ4n) is 9.36. The van der Waals surface area contributed by atoms with Crippen LogP contribution in [0.5, 0.6) is 0 Å². The first-order valence-corrected chi connectivity index (χ1v) is 20.7. The van der Waals surface area contributed by atoms with Gasteiger partial charge in [0.15, 0.2) is 0 Å². The van der Waals surface area contributed by atoms with E-state index in [4.69, 9.17) is 4.42 Å². The normalized spacial score (nSPS) is 12.1. The van der Waals surface area contributed by atoms with E-state index in [-0.39, 0.29) is 0 Å². The Morgan fingerprint density at radius 2 is 1.03 bits per heavy atom. The number of para-hydroxylation sites is 1. The molecule has 0 saturated heterocycles. The van der Waals surface area contributed by atoms with E-state index in [0.29, 0.717) is 0 Å². The minimum absolute atomic E-state index is 0.876. The topological polar surface area (TPSA) is 16.4 Å². The van der Waals surface area contributed by atoms with Crippen molar-refractivity contribution in [2.45, 2.75) is 6.42 Å². The summed E-state index contributed by atoms with van der Waals surface area (Å²) in [6.45, 7) is 0. The van der Waals surface area contributed by atoms with Crippen molar-refractivity contribution in [1.29, 1.82) is 0 Å². The Balaban J connectivity index is 1.17. The van der Waals surface area contributed by atoms with Gasteiger partial charge in [-0.05, 0) is 105 Å². The molecular formula is C55H35NOS. The van der Waals surface area contributed by atoms with E-state index in [9.17, 15) is 0 Å². The number of hydrogen-bond acceptors (Lipinski definition) is 3. The Labute approximate surface area is 340 Å². The number of hydrogen-bond donors (Lipinski definition) is 0. The van der Waals surface area contributed by atoms with E-state index < -0.39 is 0 Å². The van der Waals surface area contributed by atoms with Gasteiger partial charge in [-0.3, -0.25) is 0 Å². The molecule has 0 bridgehead atoms. The molecule has 0 spiro atoms. The highest BCUT2D eigenvalue weighted by molar-refractivity contribution is 7.26. The van der Waals surface area contributed by atoms with Crippen molar-refractivity contribution in [1.82, 2.24) is 0 Å². The molecule has 12 rings (SSSR count). The zero-order valence-electron chi connectivity index (χ0n) is 31.5. The summed E-state index contributed by atoms with van der Waals surface area (Å²) < 4.78 is 9.11. The van der Waals surface area contributed by atoms with Crippen LogP contribution in [0, 0.1) is 0 Å². The van der Waals surface area contributed by atoms with Gasteiger partial charge in [0.25, 0.3) is 0 Å². The maximum Gasteiger partial charge on any atom is 0.137 e. The van der Waals surface area contributed by atoms with E-state index in [1.54, 1.807) is 0 Å². The number of benzene rings is 9. The second-order valence-electron chi connectivity index (χ2n) is 15.1. The number of nitrogens with zero attached hydrogens (tertiary/aromatic N) is 1. The first-order chi connectivity index (χ1) is 28.8. The summed E-state index contributed by atoms with van der Waals surface area (Å²) in [6, 6.07) is 72.8. The van der Waals surface area contributed by atoms with Crippen LogP contribution < -0.4 is 4.90 Å². The van der Waals surface area contributed by atoms with E-state index in [2.05, 4.69) is 205 Å². The van der Waals surface area contributed by atoms with Crippen molar-refractivity contribution in [2.24, 2.45) is 0 Å². The average molecular weight is 758 g/mol. The molecule has 0 amide bonds. The van der Waals surface area contributed by atoms with E-state index in [0.717, 1.165) is 45.4 Å². The first kappa shape index (κ1) is 33.0. The van der Waals surface area contributed by atoms with Crippen molar-refractivity contribution < 1.29 is 4.42 Å². The minimum atomic E-state index is 0.876. The van der Waals surface area contributed by atoms with Crippen LogP contribution in [0.3, 0.4) is 0 Å². The van der Waals surface area contributed by atoms with Crippen LogP contribution in [-0.2, 0) is 6.42 Å². The summed E-state index contributed by atoms with van der Waals surface area (Å²) >= 11 is 1.88. The molecule has 0 unspecified atom stereocenters. The van der Waals surface area contributed by atoms with Crippen LogP contribution in [0.4, 0.5) is 17.1 Å².